The molecule has 37 heteroatoms. The van der Waals surface area contributed by atoms with Crippen LogP contribution in [-0.2, 0) is 80.0 Å². The molecule has 0 radical (unpaired) electrons. The molecule has 4 aliphatic rings. The standard InChI is InChI=1S/C59H86N16O17S4/c1-29(2)17-32-20-45(79)68-40-25-94-93-24-39(51(83)63-22-46(80)67-37(18-31-8-10-34(76)11-9-31)53(85)69-35(52(84)65-32)7-5-6-15-60)71-55(87)41(72-56(88)48(30(3)4)74-47(81)23-62-50(82)36-12-13-44(78)66-36)26-95-96-27-42(59(91)92)73-57(89)49-43(77)14-16-75(49)58(90)38(70-54(40)86)19-33-21-61-28-64-33/h8-11,21,28-30,32,35-43,48-49,76-77H,5-7,12-20,22-27,60H2,1-4H3,(H,61,64)(H,62,82)(H,63,83)(H,65,84)(H,66,78)(H,67,80)(H,68,79)(H,69,85)(H,70,86)(H,71,87)(H,72,88)(H,73,89)(H,74,81)(H,91,92)/t32-,35-,36-,37-,38-,39-,40-,41-,42-,43-,48-,49-/m0/s1. The highest BCUT2D eigenvalue weighted by Gasteiger charge is 2.45. The summed E-state index contributed by atoms with van der Waals surface area (Å²) in [7, 11) is 3.51. The van der Waals surface area contributed by atoms with Crippen LogP contribution in [0, 0.1) is 11.8 Å². The van der Waals surface area contributed by atoms with E-state index < -0.39 is 186 Å². The van der Waals surface area contributed by atoms with Gasteiger partial charge in [0.25, 0.3) is 0 Å². The predicted molar refractivity (Wildman–Crippen MR) is 354 cm³/mol. The van der Waals surface area contributed by atoms with E-state index in [0.29, 0.717) is 24.1 Å². The Balaban J connectivity index is 1.40. The molecule has 0 aliphatic carbocycles. The predicted octanol–water partition coefficient (Wildman–Crippen LogP) is -4.17. The second-order valence-corrected chi connectivity index (χ2v) is 29.3. The van der Waals surface area contributed by atoms with Crippen molar-refractivity contribution >= 4 is 126 Å². The van der Waals surface area contributed by atoms with Crippen LogP contribution in [-0.4, -0.2) is 235 Å². The Morgan fingerprint density at radius 3 is 2.02 bits per heavy atom. The zero-order valence-corrected chi connectivity index (χ0v) is 56.7. The summed E-state index contributed by atoms with van der Waals surface area (Å²) in [5.74, 6) is -14.8. The molecule has 33 nitrogen and oxygen atoms in total. The molecule has 2 aromatic rings. The number of nitrogens with two attached hydrogens (primary N) is 1. The molecule has 0 unspecified atom stereocenters. The molecule has 1 aromatic carbocycles. The van der Waals surface area contributed by atoms with Crippen LogP contribution in [0.3, 0.4) is 0 Å². The number of H-pyrrole nitrogens is 1. The van der Waals surface area contributed by atoms with Crippen LogP contribution in [0.1, 0.15) is 90.3 Å². The first-order valence-electron chi connectivity index (χ1n) is 31.4. The van der Waals surface area contributed by atoms with Gasteiger partial charge in [0.2, 0.25) is 76.8 Å². The molecule has 4 saturated heterocycles. The minimum atomic E-state index is -1.71. The second-order valence-electron chi connectivity index (χ2n) is 24.2. The third-order valence-corrected chi connectivity index (χ3v) is 20.6. The molecule has 528 valence electrons. The van der Waals surface area contributed by atoms with E-state index in [0.717, 1.165) is 48.1 Å². The Kier molecular flexibility index (Phi) is 30.7. The zero-order chi connectivity index (χ0) is 70.2. The number of aromatic amines is 1. The van der Waals surface area contributed by atoms with E-state index in [2.05, 4.69) is 73.8 Å². The maximum Gasteiger partial charge on any atom is 0.327 e. The van der Waals surface area contributed by atoms with Gasteiger partial charge in [-0.1, -0.05) is 83.0 Å². The van der Waals surface area contributed by atoms with Gasteiger partial charge < -0.3 is 94.7 Å². The number of unbranched alkanes of at least 4 members (excludes halogenated alkanes) is 1. The van der Waals surface area contributed by atoms with Gasteiger partial charge in [-0.15, -0.1) is 0 Å². The zero-order valence-electron chi connectivity index (χ0n) is 53.4. The SMILES string of the molecule is CC(C)C[C@H]1CC(=O)N[C@H]2CSSC[C@H](NC(=O)[C@@H](NC(=O)[C@@H](NC(=O)CNC(=O)[C@@H]3CCC(=O)N3)C(C)C)CSSC[C@@H](C(=O)O)NC(=O)[C@@H]3[C@@H](O)CCN3C(=O)[C@H](Cc3cnc[nH]3)NC2=O)C(=O)NCC(=O)N[C@@H](Cc2ccc(O)cc2)C(=O)N[C@@H](CCCCN)C(=O)N1. The summed E-state index contributed by atoms with van der Waals surface area (Å²) >= 11 is 0. The Labute approximate surface area is 569 Å². The van der Waals surface area contributed by atoms with Crippen molar-refractivity contribution in [1.82, 2.24) is 78.7 Å². The number of nitrogens with zero attached hydrogens (tertiary/aromatic N) is 2. The molecule has 0 saturated carbocycles. The van der Waals surface area contributed by atoms with Crippen LogP contribution in [0.25, 0.3) is 0 Å². The Bertz CT molecular complexity index is 3100. The van der Waals surface area contributed by atoms with Crippen LogP contribution < -0.4 is 69.5 Å². The van der Waals surface area contributed by atoms with Crippen molar-refractivity contribution in [3.8, 4) is 5.75 Å². The first kappa shape index (κ1) is 77.1. The summed E-state index contributed by atoms with van der Waals surface area (Å²) in [6.45, 7) is 5.44. The number of nitrogens with one attached hydrogen (secondary N) is 13. The number of rotatable bonds is 18. The largest absolute Gasteiger partial charge is 0.508 e. The molecule has 12 atom stereocenters. The number of phenolic OH excluding ortho intramolecular Hbond substituents is 1. The number of fused-ring (bicyclic) bond motifs is 6. The molecule has 1 aromatic heterocycles. The fourth-order valence-corrected chi connectivity index (χ4v) is 15.3. The average Bonchev–Trinajstić information content (AvgIpc) is 1.64. The van der Waals surface area contributed by atoms with Gasteiger partial charge in [-0.05, 0) is 74.6 Å². The normalized spacial score (nSPS) is 26.4. The van der Waals surface area contributed by atoms with Gasteiger partial charge in [0, 0.05) is 73.2 Å². The van der Waals surface area contributed by atoms with Crippen LogP contribution in [0.15, 0.2) is 36.8 Å². The maximum atomic E-state index is 14.9. The molecule has 18 N–H and O–H groups in total. The summed E-state index contributed by atoms with van der Waals surface area (Å²) in [5, 5.41) is 62.9. The lowest BCUT2D eigenvalue weighted by atomic mass is 9.99. The number of carbonyl (C=O) groups is 14. The van der Waals surface area contributed by atoms with Crippen LogP contribution >= 0.6 is 43.2 Å². The summed E-state index contributed by atoms with van der Waals surface area (Å²) in [4.78, 5) is 203. The topological polar surface area (TPSA) is 502 Å². The van der Waals surface area contributed by atoms with E-state index in [1.54, 1.807) is 13.8 Å². The van der Waals surface area contributed by atoms with E-state index in [-0.39, 0.29) is 87.1 Å². The van der Waals surface area contributed by atoms with Gasteiger partial charge in [0.1, 0.15) is 66.2 Å². The van der Waals surface area contributed by atoms with Crippen LogP contribution in [0.5, 0.6) is 5.75 Å². The number of hydrogen-bond acceptors (Lipinski definition) is 22. The minimum Gasteiger partial charge on any atom is -0.508 e. The molecule has 96 heavy (non-hydrogen) atoms. The first-order chi connectivity index (χ1) is 45.7. The van der Waals surface area contributed by atoms with Crippen molar-refractivity contribution in [2.45, 2.75) is 164 Å². The molecule has 0 spiro atoms. The molecule has 2 bridgehead atoms. The van der Waals surface area contributed by atoms with Gasteiger partial charge in [-0.25, -0.2) is 9.78 Å². The first-order valence-corrected chi connectivity index (χ1v) is 36.4. The van der Waals surface area contributed by atoms with E-state index in [1.165, 1.54) is 36.8 Å². The van der Waals surface area contributed by atoms with E-state index in [9.17, 15) is 82.4 Å². The van der Waals surface area contributed by atoms with Crippen LogP contribution in [0.2, 0.25) is 0 Å². The maximum absolute atomic E-state index is 14.9. The van der Waals surface area contributed by atoms with Crippen molar-refractivity contribution in [2.24, 2.45) is 17.6 Å². The number of phenols is 1. The van der Waals surface area contributed by atoms with E-state index in [1.807, 2.05) is 13.8 Å². The molecule has 4 fully saturated rings. The van der Waals surface area contributed by atoms with E-state index in [4.69, 9.17) is 5.73 Å². The van der Waals surface area contributed by atoms with Crippen molar-refractivity contribution in [2.75, 3.05) is 49.2 Å². The third-order valence-electron chi connectivity index (χ3n) is 15.7. The number of carbonyl (C=O) groups excluding carboxylic acids is 13. The number of imidazole rings is 1. The Morgan fingerprint density at radius 1 is 0.698 bits per heavy atom. The monoisotopic (exact) mass is 1420 g/mol. The van der Waals surface area contributed by atoms with Gasteiger partial charge in [-0.2, -0.15) is 0 Å². The lowest BCUT2D eigenvalue weighted by Crippen LogP contribution is -2.60. The van der Waals surface area contributed by atoms with Gasteiger partial charge in [0.05, 0.1) is 25.5 Å². The molecule has 6 rings (SSSR count). The van der Waals surface area contributed by atoms with Crippen molar-refractivity contribution in [3.05, 3.63) is 48.0 Å². The minimum absolute atomic E-state index is 0.0561. The third kappa shape index (κ3) is 24.3. The molecule has 5 heterocycles. The van der Waals surface area contributed by atoms with Gasteiger partial charge in [-0.3, -0.25) is 62.3 Å². The number of carboxylic acids is 1. The summed E-state index contributed by atoms with van der Waals surface area (Å²) < 4.78 is 0. The average molecular weight is 1420 g/mol. The lowest BCUT2D eigenvalue weighted by Gasteiger charge is -2.31. The van der Waals surface area contributed by atoms with Crippen molar-refractivity contribution in [1.29, 1.82) is 0 Å². The number of aliphatic carboxylic acids is 1. The van der Waals surface area contributed by atoms with Gasteiger partial charge >= 0.3 is 5.97 Å². The van der Waals surface area contributed by atoms with Crippen LogP contribution in [0.4, 0.5) is 0 Å². The second kappa shape index (κ2) is 38.2. The highest BCUT2D eigenvalue weighted by molar-refractivity contribution is 8.77. The number of aromatic nitrogens is 2. The highest BCUT2D eigenvalue weighted by Crippen LogP contribution is 2.27. The number of aliphatic hydroxyl groups excluding tert-OH is 1. The fraction of sp³-hybridized carbons (Fsp3) is 0.610. The van der Waals surface area contributed by atoms with E-state index >= 15 is 0 Å². The smallest absolute Gasteiger partial charge is 0.327 e. The lowest BCUT2D eigenvalue weighted by molar-refractivity contribution is -0.146. The number of hydrogen-bond donors (Lipinski definition) is 17. The fourth-order valence-electron chi connectivity index (χ4n) is 10.7. The summed E-state index contributed by atoms with van der Waals surface area (Å²) in [6, 6.07) is -9.80. The van der Waals surface area contributed by atoms with Crippen molar-refractivity contribution < 1.29 is 82.4 Å². The highest BCUT2D eigenvalue weighted by atomic mass is 33.1. The molecular formula is C59H86N16O17S4. The molecular weight excluding hydrogens is 1330 g/mol. The number of aliphatic hydroxyl groups is 1. The summed E-state index contributed by atoms with van der Waals surface area (Å²) in [5.41, 5.74) is 6.63. The number of amides is 13. The van der Waals surface area contributed by atoms with Gasteiger partial charge in [0.15, 0.2) is 0 Å². The Morgan fingerprint density at radius 2 is 1.38 bits per heavy atom. The quantitative estimate of drug-likeness (QED) is 0.0497. The van der Waals surface area contributed by atoms with Crippen molar-refractivity contribution in [3.63, 3.8) is 0 Å². The number of carboxylic acid groups (broad SMARTS) is 1. The summed E-state index contributed by atoms with van der Waals surface area (Å²) in [6.07, 6.45) is 1.54. The Hall–Kier alpha value is -7.87. The molecule has 13 amide bonds. The molecule has 4 aliphatic heterocycles. The number of benzene rings is 1. The number of aromatic hydroxyl groups is 1.